The first-order valence-electron chi connectivity index (χ1n) is 9.50. The van der Waals surface area contributed by atoms with Crippen LogP contribution >= 0.6 is 0 Å². The third-order valence-corrected chi connectivity index (χ3v) is 4.08. The summed E-state index contributed by atoms with van der Waals surface area (Å²) in [5.74, 6) is -1.32. The number of esters is 1. The van der Waals surface area contributed by atoms with Gasteiger partial charge in [-0.3, -0.25) is 9.59 Å². The molecule has 0 aliphatic rings. The van der Waals surface area contributed by atoms with Gasteiger partial charge in [-0.15, -0.1) is 0 Å². The fourth-order valence-corrected chi connectivity index (χ4v) is 2.77. The predicted octanol–water partition coefficient (Wildman–Crippen LogP) is 2.61. The van der Waals surface area contributed by atoms with Crippen LogP contribution in [0.5, 0.6) is 0 Å². The molecule has 0 saturated heterocycles. The molecule has 0 unspecified atom stereocenters. The number of carbonyl (C=O) groups is 3. The van der Waals surface area contributed by atoms with Crippen molar-refractivity contribution < 1.29 is 23.9 Å². The van der Waals surface area contributed by atoms with E-state index in [-0.39, 0.29) is 12.2 Å². The average Bonchev–Trinajstić information content (AvgIpc) is 2.63. The van der Waals surface area contributed by atoms with Crippen molar-refractivity contribution in [3.8, 4) is 0 Å². The van der Waals surface area contributed by atoms with Gasteiger partial charge in [-0.1, -0.05) is 30.3 Å². The predicted molar refractivity (Wildman–Crippen MR) is 107 cm³/mol. The summed E-state index contributed by atoms with van der Waals surface area (Å²) >= 11 is 0. The molecule has 0 aliphatic carbocycles. The number of alkyl carbamates (subject to hydrolysis) is 1. The molecule has 0 radical (unpaired) electrons. The molecule has 1 rings (SSSR count). The van der Waals surface area contributed by atoms with Crippen LogP contribution in [0.2, 0.25) is 0 Å². The van der Waals surface area contributed by atoms with Gasteiger partial charge in [0.05, 0.1) is 19.1 Å². The molecule has 0 saturated carbocycles. The Morgan fingerprint density at radius 2 is 1.79 bits per heavy atom. The van der Waals surface area contributed by atoms with Gasteiger partial charge in [-0.2, -0.15) is 0 Å². The summed E-state index contributed by atoms with van der Waals surface area (Å²) < 4.78 is 10.1. The molecule has 1 aromatic rings. The van der Waals surface area contributed by atoms with Gasteiger partial charge in [0.2, 0.25) is 0 Å². The van der Waals surface area contributed by atoms with E-state index < -0.39 is 29.6 Å². The second-order valence-electron chi connectivity index (χ2n) is 7.71. The number of ketones is 1. The highest BCUT2D eigenvalue weighted by atomic mass is 16.6. The van der Waals surface area contributed by atoms with Gasteiger partial charge in [-0.05, 0) is 52.1 Å². The number of hydrogen-bond donors (Lipinski definition) is 2. The molecule has 1 aromatic carbocycles. The minimum Gasteiger partial charge on any atom is -0.469 e. The summed E-state index contributed by atoms with van der Waals surface area (Å²) in [6, 6.07) is 8.66. The molecule has 0 spiro atoms. The third-order valence-electron chi connectivity index (χ3n) is 4.08. The molecule has 2 atom stereocenters. The zero-order valence-electron chi connectivity index (χ0n) is 17.2. The summed E-state index contributed by atoms with van der Waals surface area (Å²) in [4.78, 5) is 37.1. The Balaban J connectivity index is 2.85. The van der Waals surface area contributed by atoms with Crippen molar-refractivity contribution in [2.24, 2.45) is 11.7 Å². The van der Waals surface area contributed by atoms with E-state index in [1.54, 1.807) is 20.8 Å². The molecule has 28 heavy (non-hydrogen) atoms. The largest absolute Gasteiger partial charge is 0.469 e. The Morgan fingerprint density at radius 1 is 1.14 bits per heavy atom. The highest BCUT2D eigenvalue weighted by Crippen LogP contribution is 2.17. The van der Waals surface area contributed by atoms with Gasteiger partial charge in [0.1, 0.15) is 5.60 Å². The second kappa shape index (κ2) is 11.4. The molecule has 1 amide bonds. The van der Waals surface area contributed by atoms with Crippen molar-refractivity contribution in [2.75, 3.05) is 13.7 Å². The molecule has 7 nitrogen and oxygen atoms in total. The number of rotatable bonds is 10. The topological polar surface area (TPSA) is 108 Å². The van der Waals surface area contributed by atoms with Crippen molar-refractivity contribution in [1.29, 1.82) is 0 Å². The molecule has 7 heteroatoms. The number of nitrogens with one attached hydrogen (secondary N) is 1. The highest BCUT2D eigenvalue weighted by Gasteiger charge is 2.29. The van der Waals surface area contributed by atoms with Crippen LogP contribution in [0, 0.1) is 5.92 Å². The number of Topliss-reactive ketones (excluding diaryl/α,β-unsaturated/α-hetero) is 1. The Hall–Kier alpha value is -2.41. The second-order valence-corrected chi connectivity index (χ2v) is 7.71. The van der Waals surface area contributed by atoms with Crippen LogP contribution in [0.15, 0.2) is 30.3 Å². The molecule has 0 aromatic heterocycles. The highest BCUT2D eigenvalue weighted by molar-refractivity contribution is 5.90. The van der Waals surface area contributed by atoms with Gasteiger partial charge in [0.25, 0.3) is 0 Å². The number of carbonyl (C=O) groups excluding carboxylic acids is 3. The van der Waals surface area contributed by atoms with Crippen molar-refractivity contribution in [3.05, 3.63) is 35.9 Å². The first-order chi connectivity index (χ1) is 13.2. The minimum atomic E-state index is -0.763. The number of hydrogen-bond acceptors (Lipinski definition) is 6. The summed E-state index contributed by atoms with van der Waals surface area (Å²) in [6.45, 7) is 5.63. The maximum absolute atomic E-state index is 12.9. The Kier molecular flexibility index (Phi) is 9.65. The van der Waals surface area contributed by atoms with Crippen molar-refractivity contribution in [2.45, 2.75) is 58.1 Å². The minimum absolute atomic E-state index is 0.0351. The zero-order valence-corrected chi connectivity index (χ0v) is 17.2. The summed E-state index contributed by atoms with van der Waals surface area (Å²) in [5.41, 5.74) is 5.81. The molecular weight excluding hydrogens is 360 g/mol. The smallest absolute Gasteiger partial charge is 0.408 e. The monoisotopic (exact) mass is 392 g/mol. The number of nitrogens with two attached hydrogens (primary N) is 1. The van der Waals surface area contributed by atoms with Gasteiger partial charge in [-0.25, -0.2) is 4.79 Å². The van der Waals surface area contributed by atoms with Crippen LogP contribution < -0.4 is 11.1 Å². The number of benzene rings is 1. The van der Waals surface area contributed by atoms with Gasteiger partial charge >= 0.3 is 12.1 Å². The van der Waals surface area contributed by atoms with E-state index >= 15 is 0 Å². The molecule has 0 aliphatic heterocycles. The van der Waals surface area contributed by atoms with Crippen LogP contribution in [-0.2, 0) is 25.5 Å². The van der Waals surface area contributed by atoms with E-state index in [4.69, 9.17) is 15.2 Å². The quantitative estimate of drug-likeness (QED) is 0.593. The normalized spacial score (nSPS) is 13.3. The summed E-state index contributed by atoms with van der Waals surface area (Å²) in [7, 11) is 1.30. The molecule has 3 N–H and O–H groups in total. The van der Waals surface area contributed by atoms with E-state index in [0.717, 1.165) is 5.56 Å². The lowest BCUT2D eigenvalue weighted by Gasteiger charge is -2.24. The Morgan fingerprint density at radius 3 is 2.32 bits per heavy atom. The lowest BCUT2D eigenvalue weighted by Crippen LogP contribution is -2.44. The molecule has 0 bridgehead atoms. The van der Waals surface area contributed by atoms with Gasteiger partial charge < -0.3 is 20.5 Å². The standard InChI is InChI=1S/C21H32N2O5/c1-21(2,3)28-20(26)23-17(11-8-12-22)18(24)14-16(19(25)27-4)13-15-9-6-5-7-10-15/h5-7,9-10,16-17H,8,11-14,22H2,1-4H3,(H,23,26)/t16-,17-/m0/s1. The van der Waals surface area contributed by atoms with E-state index in [0.29, 0.717) is 25.8 Å². The fourth-order valence-electron chi connectivity index (χ4n) is 2.77. The maximum Gasteiger partial charge on any atom is 0.408 e. The van der Waals surface area contributed by atoms with E-state index in [1.165, 1.54) is 7.11 Å². The lowest BCUT2D eigenvalue weighted by molar-refractivity contribution is -0.147. The average molecular weight is 392 g/mol. The number of ether oxygens (including phenoxy) is 2. The molecule has 156 valence electrons. The van der Waals surface area contributed by atoms with Gasteiger partial charge in [0.15, 0.2) is 5.78 Å². The number of amides is 1. The van der Waals surface area contributed by atoms with Crippen LogP contribution in [0.25, 0.3) is 0 Å². The van der Waals surface area contributed by atoms with Crippen molar-refractivity contribution in [3.63, 3.8) is 0 Å². The fraction of sp³-hybridized carbons (Fsp3) is 0.571. The molecule has 0 heterocycles. The van der Waals surface area contributed by atoms with E-state index in [9.17, 15) is 14.4 Å². The van der Waals surface area contributed by atoms with Crippen molar-refractivity contribution in [1.82, 2.24) is 5.32 Å². The van der Waals surface area contributed by atoms with Crippen LogP contribution in [0.3, 0.4) is 0 Å². The van der Waals surface area contributed by atoms with Crippen LogP contribution in [0.1, 0.15) is 45.6 Å². The lowest BCUT2D eigenvalue weighted by atomic mass is 9.91. The zero-order chi connectivity index (χ0) is 21.2. The summed E-state index contributed by atoms with van der Waals surface area (Å²) in [5, 5.41) is 2.62. The maximum atomic E-state index is 12.9. The molecule has 0 fully saturated rings. The number of methoxy groups -OCH3 is 1. The first-order valence-corrected chi connectivity index (χ1v) is 9.50. The van der Waals surface area contributed by atoms with Crippen LogP contribution in [0.4, 0.5) is 4.79 Å². The summed E-state index contributed by atoms with van der Waals surface area (Å²) in [6.07, 6.45) is 0.629. The van der Waals surface area contributed by atoms with E-state index in [1.807, 2.05) is 30.3 Å². The van der Waals surface area contributed by atoms with Gasteiger partial charge in [0, 0.05) is 6.42 Å². The Labute approximate surface area is 167 Å². The molecular formula is C21H32N2O5. The van der Waals surface area contributed by atoms with Crippen molar-refractivity contribution >= 4 is 17.8 Å². The van der Waals surface area contributed by atoms with E-state index in [2.05, 4.69) is 5.32 Å². The third kappa shape index (κ3) is 8.99. The Bertz CT molecular complexity index is 640. The first kappa shape index (κ1) is 23.6. The SMILES string of the molecule is COC(=O)[C@H](CC(=O)[C@H](CCCN)NC(=O)OC(C)(C)C)Cc1ccccc1. The van der Waals surface area contributed by atoms with Crippen LogP contribution in [-0.4, -0.2) is 43.1 Å².